The molecule has 3 aliphatic carbocycles. The minimum absolute atomic E-state index is 0.00715. The average molecular weight is 527 g/mol. The molecule has 1 spiro atoms. The van der Waals surface area contributed by atoms with E-state index in [1.165, 1.54) is 33.0 Å². The normalized spacial score (nSPS) is 25.5. The molecule has 41 heavy (non-hydrogen) atoms. The van der Waals surface area contributed by atoms with Crippen LogP contribution in [0, 0.1) is 0 Å². The van der Waals surface area contributed by atoms with Gasteiger partial charge in [-0.3, -0.25) is 20.0 Å². The molecule has 4 nitrogen and oxygen atoms in total. The lowest BCUT2D eigenvalue weighted by Gasteiger charge is -2.58. The van der Waals surface area contributed by atoms with E-state index in [1.807, 2.05) is 37.0 Å². The smallest absolute Gasteiger partial charge is 0.0814 e. The molecule has 1 fully saturated rings. The first-order valence-electron chi connectivity index (χ1n) is 14.3. The lowest BCUT2D eigenvalue weighted by molar-refractivity contribution is 0.305. The van der Waals surface area contributed by atoms with Gasteiger partial charge in [-0.15, -0.1) is 0 Å². The third-order valence-electron chi connectivity index (χ3n) is 9.56. The molecule has 0 amide bonds. The van der Waals surface area contributed by atoms with Gasteiger partial charge >= 0.3 is 0 Å². The summed E-state index contributed by atoms with van der Waals surface area (Å²) in [6, 6.07) is 38.8. The quantitative estimate of drug-likeness (QED) is 0.227. The number of rotatable bonds is 4. The van der Waals surface area contributed by atoms with Gasteiger partial charge in [-0.1, -0.05) is 97.1 Å². The Balaban J connectivity index is 1.17. The van der Waals surface area contributed by atoms with Crippen molar-refractivity contribution in [1.82, 2.24) is 9.97 Å². The van der Waals surface area contributed by atoms with E-state index >= 15 is 0 Å². The van der Waals surface area contributed by atoms with Gasteiger partial charge in [-0.05, 0) is 45.2 Å². The van der Waals surface area contributed by atoms with E-state index in [0.717, 1.165) is 22.2 Å². The Kier molecular flexibility index (Phi) is 4.74. The van der Waals surface area contributed by atoms with Gasteiger partial charge in [0.1, 0.15) is 0 Å². The summed E-state index contributed by atoms with van der Waals surface area (Å²) < 4.78 is 0. The van der Waals surface area contributed by atoms with Crippen molar-refractivity contribution in [2.24, 2.45) is 9.98 Å². The molecule has 2 heterocycles. The van der Waals surface area contributed by atoms with E-state index in [4.69, 9.17) is 20.0 Å². The van der Waals surface area contributed by atoms with Crippen molar-refractivity contribution < 1.29 is 0 Å². The first-order valence-corrected chi connectivity index (χ1v) is 14.3. The number of pyridine rings is 2. The monoisotopic (exact) mass is 526 g/mol. The van der Waals surface area contributed by atoms with E-state index in [1.54, 1.807) is 0 Å². The Labute approximate surface area is 238 Å². The van der Waals surface area contributed by atoms with Crippen molar-refractivity contribution in [2.75, 3.05) is 0 Å². The summed E-state index contributed by atoms with van der Waals surface area (Å²) in [7, 11) is 0. The van der Waals surface area contributed by atoms with Crippen LogP contribution in [0.5, 0.6) is 0 Å². The van der Waals surface area contributed by atoms with Crippen molar-refractivity contribution >= 4 is 34.0 Å². The van der Waals surface area contributed by atoms with Crippen molar-refractivity contribution in [1.29, 1.82) is 0 Å². The maximum atomic E-state index is 5.32. The second-order valence-electron chi connectivity index (χ2n) is 11.4. The molecule has 0 bridgehead atoms. The number of hydrogen-bond donors (Lipinski definition) is 0. The summed E-state index contributed by atoms with van der Waals surface area (Å²) >= 11 is 0. The van der Waals surface area contributed by atoms with Crippen molar-refractivity contribution in [3.05, 3.63) is 155 Å². The van der Waals surface area contributed by atoms with Gasteiger partial charge in [0.25, 0.3) is 0 Å². The van der Waals surface area contributed by atoms with Crippen LogP contribution in [0.1, 0.15) is 45.5 Å². The maximum Gasteiger partial charge on any atom is 0.0814 e. The summed E-state index contributed by atoms with van der Waals surface area (Å²) in [5.74, 6) is 0.559. The summed E-state index contributed by atoms with van der Waals surface area (Å²) in [6.45, 7) is 0. The first-order chi connectivity index (χ1) is 20.3. The standard InChI is InChI=1S/C37H26N4/c1-3-11-25-19-38-27(17-23(25)9-1)21-40-35-33-29-13-5-7-15-31(29)37(33)32-16-8-6-14-30(32)34(37)36(35)41-22-28-18-24-10-2-4-12-26(24)20-39-28/h1-22,33-36H/t33?,34?,35-,36-,37?/m1/s1. The lowest BCUT2D eigenvalue weighted by atomic mass is 9.43. The minimum Gasteiger partial charge on any atom is -0.285 e. The largest absolute Gasteiger partial charge is 0.285 e. The van der Waals surface area contributed by atoms with Gasteiger partial charge in [-0.25, -0.2) is 0 Å². The van der Waals surface area contributed by atoms with Gasteiger partial charge in [0.15, 0.2) is 0 Å². The molecular weight excluding hydrogens is 500 g/mol. The summed E-state index contributed by atoms with van der Waals surface area (Å²) in [6.07, 6.45) is 7.81. The molecule has 6 aromatic rings. The van der Waals surface area contributed by atoms with Crippen LogP contribution in [-0.2, 0) is 5.41 Å². The highest BCUT2D eigenvalue weighted by molar-refractivity contribution is 5.89. The highest BCUT2D eigenvalue weighted by atomic mass is 15.0. The number of aliphatic imine (C=N–C) groups is 2. The maximum absolute atomic E-state index is 5.32. The van der Waals surface area contributed by atoms with Crippen LogP contribution < -0.4 is 0 Å². The zero-order valence-corrected chi connectivity index (χ0v) is 22.3. The van der Waals surface area contributed by atoms with Gasteiger partial charge in [0, 0.05) is 52.8 Å². The van der Waals surface area contributed by atoms with E-state index in [0.29, 0.717) is 0 Å². The highest BCUT2D eigenvalue weighted by Crippen LogP contribution is 2.76. The van der Waals surface area contributed by atoms with Crippen LogP contribution in [-0.4, -0.2) is 34.5 Å². The molecule has 4 heteroatoms. The molecule has 2 aromatic heterocycles. The Hall–Kier alpha value is -4.96. The zero-order chi connectivity index (χ0) is 27.0. The van der Waals surface area contributed by atoms with Crippen molar-refractivity contribution in [3.63, 3.8) is 0 Å². The molecule has 0 aliphatic heterocycles. The molecule has 0 N–H and O–H groups in total. The fourth-order valence-electron chi connectivity index (χ4n) is 7.95. The molecule has 4 atom stereocenters. The number of aromatic nitrogens is 2. The SMILES string of the molecule is C(=N[C@@H]1C2c3ccccc3C23c2ccccc2C3[C@H]1N=Cc1cc2ccccc2cn1)c1cc2ccccc2cn1. The number of benzene rings is 4. The van der Waals surface area contributed by atoms with Gasteiger partial charge in [-0.2, -0.15) is 0 Å². The predicted molar refractivity (Wildman–Crippen MR) is 165 cm³/mol. The van der Waals surface area contributed by atoms with Crippen LogP contribution in [0.2, 0.25) is 0 Å². The number of nitrogens with zero attached hydrogens (tertiary/aromatic N) is 4. The van der Waals surface area contributed by atoms with Crippen molar-refractivity contribution in [3.8, 4) is 0 Å². The third-order valence-corrected chi connectivity index (χ3v) is 9.56. The van der Waals surface area contributed by atoms with E-state index in [9.17, 15) is 0 Å². The Bertz CT molecular complexity index is 1910. The van der Waals surface area contributed by atoms with Crippen LogP contribution >= 0.6 is 0 Å². The van der Waals surface area contributed by atoms with Crippen LogP contribution in [0.4, 0.5) is 0 Å². The van der Waals surface area contributed by atoms with Crippen molar-refractivity contribution in [2.45, 2.75) is 29.3 Å². The molecule has 9 rings (SSSR count). The molecular formula is C37H26N4. The molecule has 4 aromatic carbocycles. The fraction of sp³-hybridized carbons (Fsp3) is 0.135. The molecule has 3 aliphatic rings. The summed E-state index contributed by atoms with van der Waals surface area (Å²) in [5, 5.41) is 4.61. The topological polar surface area (TPSA) is 50.5 Å². The summed E-state index contributed by atoms with van der Waals surface area (Å²) in [4.78, 5) is 20.1. The van der Waals surface area contributed by atoms with Crippen LogP contribution in [0.3, 0.4) is 0 Å². The molecule has 1 saturated carbocycles. The Morgan fingerprint density at radius 1 is 0.512 bits per heavy atom. The summed E-state index contributed by atoms with van der Waals surface area (Å²) in [5.41, 5.74) is 7.41. The average Bonchev–Trinajstić information content (AvgIpc) is 3.22. The Morgan fingerprint density at radius 3 is 1.41 bits per heavy atom. The molecule has 2 unspecified atom stereocenters. The second-order valence-corrected chi connectivity index (χ2v) is 11.4. The minimum atomic E-state index is -0.0369. The first kappa shape index (κ1) is 22.8. The zero-order valence-electron chi connectivity index (χ0n) is 22.3. The van der Waals surface area contributed by atoms with Gasteiger partial charge in [0.2, 0.25) is 0 Å². The highest BCUT2D eigenvalue weighted by Gasteiger charge is 2.74. The van der Waals surface area contributed by atoms with E-state index < -0.39 is 0 Å². The van der Waals surface area contributed by atoms with Crippen LogP contribution in [0.25, 0.3) is 21.5 Å². The van der Waals surface area contributed by atoms with Gasteiger partial charge < -0.3 is 0 Å². The number of hydrogen-bond acceptors (Lipinski definition) is 4. The third kappa shape index (κ3) is 3.10. The van der Waals surface area contributed by atoms with E-state index in [-0.39, 0.29) is 29.3 Å². The lowest BCUT2D eigenvalue weighted by Crippen LogP contribution is -2.53. The fourth-order valence-corrected chi connectivity index (χ4v) is 7.95. The van der Waals surface area contributed by atoms with E-state index in [2.05, 4.69) is 97.1 Å². The number of fused-ring (bicyclic) bond motifs is 6. The second kappa shape index (κ2) is 8.52. The predicted octanol–water partition coefficient (Wildman–Crippen LogP) is 7.25. The van der Waals surface area contributed by atoms with Gasteiger partial charge in [0.05, 0.1) is 23.5 Å². The Morgan fingerprint density at radius 2 is 0.927 bits per heavy atom. The molecule has 0 radical (unpaired) electrons. The van der Waals surface area contributed by atoms with Crippen LogP contribution in [0.15, 0.2) is 132 Å². The molecule has 0 saturated heterocycles. The molecule has 194 valence electrons.